The third kappa shape index (κ3) is 3.39. The summed E-state index contributed by atoms with van der Waals surface area (Å²) in [6.07, 6.45) is 5.36. The van der Waals surface area contributed by atoms with Crippen molar-refractivity contribution < 1.29 is 13.2 Å². The maximum absolute atomic E-state index is 12.3. The number of sulfonamides is 1. The van der Waals surface area contributed by atoms with E-state index < -0.39 is 10.0 Å². The number of carbonyl (C=O) groups excluding carboxylic acids is 1. The van der Waals surface area contributed by atoms with Gasteiger partial charge in [-0.1, -0.05) is 19.3 Å². The predicted octanol–water partition coefficient (Wildman–Crippen LogP) is 2.16. The Bertz CT molecular complexity index is 614. The topological polar surface area (TPSA) is 89.3 Å². The van der Waals surface area contributed by atoms with Gasteiger partial charge in [0.15, 0.2) is 0 Å². The zero-order chi connectivity index (χ0) is 15.0. The van der Waals surface area contributed by atoms with E-state index in [1.165, 1.54) is 23.8 Å². The molecular weight excluding hydrogens is 296 g/mol. The molecule has 0 radical (unpaired) electrons. The Hall–Kier alpha value is -0.920. The van der Waals surface area contributed by atoms with Crippen molar-refractivity contribution in [2.45, 2.75) is 56.4 Å². The number of nitrogens with two attached hydrogens (primary N) is 1. The molecule has 1 aromatic heterocycles. The summed E-state index contributed by atoms with van der Waals surface area (Å²) in [5.74, 6) is -0.211. The van der Waals surface area contributed by atoms with E-state index in [1.807, 2.05) is 6.92 Å². The van der Waals surface area contributed by atoms with E-state index in [-0.39, 0.29) is 16.3 Å². The number of nitrogens with one attached hydrogen (secondary N) is 1. The highest BCUT2D eigenvalue weighted by Crippen LogP contribution is 2.29. The molecule has 0 atom stereocenters. The SMILES string of the molecule is Cc1sc(C(=O)NC2(C)CCCCC2)cc1S(N)(=O)=O. The summed E-state index contributed by atoms with van der Waals surface area (Å²) in [5.41, 5.74) is -0.186. The monoisotopic (exact) mass is 316 g/mol. The molecule has 1 aliphatic rings. The maximum Gasteiger partial charge on any atom is 0.261 e. The highest BCUT2D eigenvalue weighted by atomic mass is 32.2. The van der Waals surface area contributed by atoms with Crippen molar-refractivity contribution >= 4 is 27.3 Å². The summed E-state index contributed by atoms with van der Waals surface area (Å²) < 4.78 is 22.8. The Morgan fingerprint density at radius 1 is 1.35 bits per heavy atom. The molecule has 1 aliphatic carbocycles. The summed E-state index contributed by atoms with van der Waals surface area (Å²) in [4.78, 5) is 13.3. The van der Waals surface area contributed by atoms with Gasteiger partial charge in [-0.25, -0.2) is 13.6 Å². The molecule has 1 amide bonds. The van der Waals surface area contributed by atoms with E-state index in [2.05, 4.69) is 5.32 Å². The van der Waals surface area contributed by atoms with E-state index in [4.69, 9.17) is 5.14 Å². The van der Waals surface area contributed by atoms with Crippen LogP contribution in [0.4, 0.5) is 0 Å². The van der Waals surface area contributed by atoms with Crippen molar-refractivity contribution in [1.82, 2.24) is 5.32 Å². The summed E-state index contributed by atoms with van der Waals surface area (Å²) in [5, 5.41) is 8.17. The summed E-state index contributed by atoms with van der Waals surface area (Å²) in [7, 11) is -3.76. The van der Waals surface area contributed by atoms with Crippen LogP contribution in [0.2, 0.25) is 0 Å². The number of carbonyl (C=O) groups is 1. The first-order valence-electron chi connectivity index (χ1n) is 6.67. The zero-order valence-corrected chi connectivity index (χ0v) is 13.4. The minimum atomic E-state index is -3.76. The van der Waals surface area contributed by atoms with Crippen LogP contribution < -0.4 is 10.5 Å². The Balaban J connectivity index is 2.18. The van der Waals surface area contributed by atoms with Crippen LogP contribution in [0.25, 0.3) is 0 Å². The van der Waals surface area contributed by atoms with Crippen LogP contribution in [0, 0.1) is 6.92 Å². The lowest BCUT2D eigenvalue weighted by atomic mass is 9.83. The van der Waals surface area contributed by atoms with Crippen molar-refractivity contribution in [3.8, 4) is 0 Å². The molecule has 1 fully saturated rings. The molecule has 7 heteroatoms. The second-order valence-electron chi connectivity index (χ2n) is 5.65. The number of rotatable bonds is 3. The summed E-state index contributed by atoms with van der Waals surface area (Å²) >= 11 is 1.17. The van der Waals surface area contributed by atoms with Crippen LogP contribution in [-0.2, 0) is 10.0 Å². The van der Waals surface area contributed by atoms with E-state index in [0.29, 0.717) is 9.75 Å². The lowest BCUT2D eigenvalue weighted by Crippen LogP contribution is -2.47. The fourth-order valence-corrected chi connectivity index (χ4v) is 4.69. The third-order valence-corrected chi connectivity index (χ3v) is 5.99. The van der Waals surface area contributed by atoms with Gasteiger partial charge in [-0.2, -0.15) is 0 Å². The molecule has 2 rings (SSSR count). The van der Waals surface area contributed by atoms with E-state index in [0.717, 1.165) is 25.7 Å². The zero-order valence-electron chi connectivity index (χ0n) is 11.7. The fraction of sp³-hybridized carbons (Fsp3) is 0.615. The van der Waals surface area contributed by atoms with Gasteiger partial charge < -0.3 is 5.32 Å². The largest absolute Gasteiger partial charge is 0.346 e. The van der Waals surface area contributed by atoms with Crippen LogP contribution >= 0.6 is 11.3 Å². The van der Waals surface area contributed by atoms with Crippen molar-refractivity contribution in [3.63, 3.8) is 0 Å². The van der Waals surface area contributed by atoms with E-state index in [9.17, 15) is 13.2 Å². The third-order valence-electron chi connectivity index (χ3n) is 3.77. The van der Waals surface area contributed by atoms with Crippen molar-refractivity contribution in [2.24, 2.45) is 5.14 Å². The Morgan fingerprint density at radius 3 is 2.45 bits per heavy atom. The molecule has 0 unspecified atom stereocenters. The molecule has 112 valence electrons. The average molecular weight is 316 g/mol. The molecule has 1 heterocycles. The van der Waals surface area contributed by atoms with Crippen LogP contribution in [0.3, 0.4) is 0 Å². The number of hydrogen-bond acceptors (Lipinski definition) is 4. The standard InChI is InChI=1S/C13H20N2O3S2/c1-9-11(20(14,17)18)8-10(19-9)12(16)15-13(2)6-4-3-5-7-13/h8H,3-7H2,1-2H3,(H,15,16)(H2,14,17,18). The minimum absolute atomic E-state index is 0.0430. The summed E-state index contributed by atoms with van der Waals surface area (Å²) in [6, 6.07) is 1.37. The Kier molecular flexibility index (Phi) is 4.22. The number of primary sulfonamides is 1. The molecule has 0 saturated heterocycles. The van der Waals surface area contributed by atoms with Crippen LogP contribution in [0.15, 0.2) is 11.0 Å². The highest BCUT2D eigenvalue weighted by Gasteiger charge is 2.29. The Labute approximate surface area is 123 Å². The van der Waals surface area contributed by atoms with E-state index >= 15 is 0 Å². The molecule has 1 saturated carbocycles. The first-order valence-corrected chi connectivity index (χ1v) is 9.03. The summed E-state index contributed by atoms with van der Waals surface area (Å²) in [6.45, 7) is 3.70. The smallest absolute Gasteiger partial charge is 0.261 e. The van der Waals surface area contributed by atoms with Gasteiger partial charge in [0.2, 0.25) is 10.0 Å². The van der Waals surface area contributed by atoms with E-state index in [1.54, 1.807) is 6.92 Å². The second-order valence-corrected chi connectivity index (χ2v) is 8.44. The lowest BCUT2D eigenvalue weighted by Gasteiger charge is -2.34. The molecular formula is C13H20N2O3S2. The predicted molar refractivity (Wildman–Crippen MR) is 79.4 cm³/mol. The number of aryl methyl sites for hydroxylation is 1. The molecule has 0 spiro atoms. The highest BCUT2D eigenvalue weighted by molar-refractivity contribution is 7.89. The molecule has 1 aromatic rings. The van der Waals surface area contributed by atoms with Gasteiger partial charge in [0, 0.05) is 10.4 Å². The van der Waals surface area contributed by atoms with Crippen LogP contribution in [-0.4, -0.2) is 19.9 Å². The number of hydrogen-bond donors (Lipinski definition) is 2. The minimum Gasteiger partial charge on any atom is -0.346 e. The van der Waals surface area contributed by atoms with Gasteiger partial charge in [0.1, 0.15) is 0 Å². The number of amides is 1. The van der Waals surface area contributed by atoms with Gasteiger partial charge in [0.05, 0.1) is 9.77 Å². The van der Waals surface area contributed by atoms with Gasteiger partial charge in [-0.15, -0.1) is 11.3 Å². The van der Waals surface area contributed by atoms with Crippen LogP contribution in [0.5, 0.6) is 0 Å². The van der Waals surface area contributed by atoms with Crippen molar-refractivity contribution in [3.05, 3.63) is 15.8 Å². The quantitative estimate of drug-likeness (QED) is 0.895. The first kappa shape index (κ1) is 15.5. The van der Waals surface area contributed by atoms with Gasteiger partial charge in [-0.3, -0.25) is 4.79 Å². The van der Waals surface area contributed by atoms with Crippen molar-refractivity contribution in [2.75, 3.05) is 0 Å². The second kappa shape index (κ2) is 5.46. The van der Waals surface area contributed by atoms with Crippen LogP contribution in [0.1, 0.15) is 53.6 Å². The molecule has 0 aromatic carbocycles. The molecule has 20 heavy (non-hydrogen) atoms. The van der Waals surface area contributed by atoms with Crippen molar-refractivity contribution in [1.29, 1.82) is 0 Å². The fourth-order valence-electron chi connectivity index (χ4n) is 2.65. The lowest BCUT2D eigenvalue weighted by molar-refractivity contribution is 0.0887. The van der Waals surface area contributed by atoms with Gasteiger partial charge in [0.25, 0.3) is 5.91 Å². The molecule has 0 bridgehead atoms. The number of thiophene rings is 1. The van der Waals surface area contributed by atoms with Gasteiger partial charge >= 0.3 is 0 Å². The maximum atomic E-state index is 12.3. The first-order chi connectivity index (χ1) is 9.21. The molecule has 0 aliphatic heterocycles. The molecule has 5 nitrogen and oxygen atoms in total. The Morgan fingerprint density at radius 2 is 1.95 bits per heavy atom. The molecule has 3 N–H and O–H groups in total. The average Bonchev–Trinajstić information content (AvgIpc) is 2.71. The van der Waals surface area contributed by atoms with Gasteiger partial charge in [-0.05, 0) is 32.8 Å². The normalized spacial score (nSPS) is 18.8.